The van der Waals surface area contributed by atoms with Crippen LogP contribution in [0.3, 0.4) is 0 Å². The molecule has 1 aliphatic heterocycles. The maximum absolute atomic E-state index is 7.58. The van der Waals surface area contributed by atoms with Gasteiger partial charge in [-0.3, -0.25) is 0 Å². The van der Waals surface area contributed by atoms with Crippen LogP contribution in [0.1, 0.15) is 54.5 Å². The minimum absolute atomic E-state index is 0.159. The Kier molecular flexibility index (Phi) is 6.80. The molecule has 0 saturated carbocycles. The molecular formula is C43H38O4. The Balaban J connectivity index is 1.49. The fourth-order valence-corrected chi connectivity index (χ4v) is 8.22. The average Bonchev–Trinajstić information content (AvgIpc) is 3.44. The number of benzene rings is 6. The van der Waals surface area contributed by atoms with E-state index in [9.17, 15) is 0 Å². The molecule has 6 aromatic carbocycles. The molecule has 0 spiro atoms. The van der Waals surface area contributed by atoms with E-state index in [4.69, 9.17) is 18.9 Å². The first-order valence-electron chi connectivity index (χ1n) is 16.4. The van der Waals surface area contributed by atoms with Crippen LogP contribution < -0.4 is 18.9 Å². The molecule has 1 unspecified atom stereocenters. The van der Waals surface area contributed by atoms with Crippen molar-refractivity contribution in [3.8, 4) is 34.1 Å². The van der Waals surface area contributed by atoms with Gasteiger partial charge in [0.2, 0.25) is 0 Å². The zero-order valence-electron chi connectivity index (χ0n) is 27.5. The standard InChI is InChI=1S/C43H38O4/c1-6-42(7-2)36-15-11-10-14-32(36)39-34-25-37(45-4)38(46-5)26-35(34)41-33(40(39)42)22-23-43(47-41,29-18-20-31(44-3)21-19-29)30-17-16-27-12-8-9-13-28(27)24-30/h8-26H,6-7H2,1-5H3. The second kappa shape index (κ2) is 10.9. The van der Waals surface area contributed by atoms with E-state index in [0.717, 1.165) is 57.2 Å². The van der Waals surface area contributed by atoms with E-state index in [-0.39, 0.29) is 5.41 Å². The molecule has 1 atom stereocenters. The Morgan fingerprint density at radius 1 is 0.638 bits per heavy atom. The highest BCUT2D eigenvalue weighted by Crippen LogP contribution is 2.61. The molecule has 0 saturated heterocycles. The van der Waals surface area contributed by atoms with Crippen LogP contribution in [0.15, 0.2) is 109 Å². The fraction of sp³-hybridized carbons (Fsp3) is 0.209. The fourth-order valence-electron chi connectivity index (χ4n) is 8.22. The Labute approximate surface area is 276 Å². The molecule has 0 bridgehead atoms. The minimum Gasteiger partial charge on any atom is -0.497 e. The summed E-state index contributed by atoms with van der Waals surface area (Å²) in [5, 5.41) is 4.45. The van der Waals surface area contributed by atoms with E-state index >= 15 is 0 Å². The van der Waals surface area contributed by atoms with Crippen LogP contribution in [-0.4, -0.2) is 21.3 Å². The highest BCUT2D eigenvalue weighted by atomic mass is 16.5. The second-order valence-corrected chi connectivity index (χ2v) is 12.5. The number of fused-ring (bicyclic) bond motifs is 9. The zero-order valence-corrected chi connectivity index (χ0v) is 27.5. The van der Waals surface area contributed by atoms with Crippen molar-refractivity contribution in [2.75, 3.05) is 21.3 Å². The number of methoxy groups -OCH3 is 3. The first-order valence-corrected chi connectivity index (χ1v) is 16.4. The molecule has 0 fully saturated rings. The van der Waals surface area contributed by atoms with Crippen LogP contribution in [0.5, 0.6) is 23.0 Å². The quantitative estimate of drug-likeness (QED) is 0.178. The van der Waals surface area contributed by atoms with Gasteiger partial charge in [-0.1, -0.05) is 92.7 Å². The Bertz CT molecular complexity index is 2210. The van der Waals surface area contributed by atoms with Crippen LogP contribution in [-0.2, 0) is 11.0 Å². The molecule has 2 aliphatic rings. The number of hydrogen-bond donors (Lipinski definition) is 0. The summed E-state index contributed by atoms with van der Waals surface area (Å²) >= 11 is 0. The van der Waals surface area contributed by atoms with Crippen molar-refractivity contribution in [3.63, 3.8) is 0 Å². The Morgan fingerprint density at radius 2 is 1.30 bits per heavy atom. The van der Waals surface area contributed by atoms with Crippen LogP contribution in [0, 0.1) is 0 Å². The van der Waals surface area contributed by atoms with Crippen molar-refractivity contribution >= 4 is 27.6 Å². The highest BCUT2D eigenvalue weighted by molar-refractivity contribution is 6.09. The minimum atomic E-state index is -0.899. The first kappa shape index (κ1) is 29.2. The summed E-state index contributed by atoms with van der Waals surface area (Å²) in [7, 11) is 5.09. The van der Waals surface area contributed by atoms with Gasteiger partial charge in [-0.25, -0.2) is 0 Å². The number of ether oxygens (including phenoxy) is 4. The Hall–Kier alpha value is -5.22. The van der Waals surface area contributed by atoms with Crippen LogP contribution in [0.2, 0.25) is 0 Å². The van der Waals surface area contributed by atoms with Crippen LogP contribution in [0.4, 0.5) is 0 Å². The van der Waals surface area contributed by atoms with Crippen molar-refractivity contribution in [2.24, 2.45) is 0 Å². The van der Waals surface area contributed by atoms with Gasteiger partial charge in [-0.15, -0.1) is 0 Å². The first-order chi connectivity index (χ1) is 23.0. The largest absolute Gasteiger partial charge is 0.497 e. The van der Waals surface area contributed by atoms with Crippen molar-refractivity contribution in [1.29, 1.82) is 0 Å². The van der Waals surface area contributed by atoms with Gasteiger partial charge in [0.15, 0.2) is 17.1 Å². The van der Waals surface area contributed by atoms with Gasteiger partial charge in [0.25, 0.3) is 0 Å². The summed E-state index contributed by atoms with van der Waals surface area (Å²) < 4.78 is 24.9. The summed E-state index contributed by atoms with van der Waals surface area (Å²) in [4.78, 5) is 0. The lowest BCUT2D eigenvalue weighted by Gasteiger charge is -2.39. The van der Waals surface area contributed by atoms with Gasteiger partial charge in [0.05, 0.1) is 21.3 Å². The molecule has 0 N–H and O–H groups in total. The van der Waals surface area contributed by atoms with E-state index < -0.39 is 5.60 Å². The number of hydrogen-bond acceptors (Lipinski definition) is 4. The van der Waals surface area contributed by atoms with E-state index in [1.165, 1.54) is 27.6 Å². The van der Waals surface area contributed by atoms with Gasteiger partial charge in [-0.05, 0) is 87.7 Å². The summed E-state index contributed by atoms with van der Waals surface area (Å²) in [6.07, 6.45) is 6.52. The lowest BCUT2D eigenvalue weighted by atomic mass is 9.71. The predicted octanol–water partition coefficient (Wildman–Crippen LogP) is 10.5. The van der Waals surface area contributed by atoms with Crippen molar-refractivity contribution < 1.29 is 18.9 Å². The van der Waals surface area contributed by atoms with Gasteiger partial charge >= 0.3 is 0 Å². The van der Waals surface area contributed by atoms with Gasteiger partial charge in [-0.2, -0.15) is 0 Å². The lowest BCUT2D eigenvalue weighted by molar-refractivity contribution is 0.163. The van der Waals surface area contributed by atoms with Gasteiger partial charge in [0.1, 0.15) is 11.5 Å². The summed E-state index contributed by atoms with van der Waals surface area (Å²) in [6, 6.07) is 36.5. The molecule has 0 amide bonds. The van der Waals surface area contributed by atoms with E-state index in [2.05, 4.69) is 117 Å². The van der Waals surface area contributed by atoms with Crippen LogP contribution >= 0.6 is 0 Å². The van der Waals surface area contributed by atoms with E-state index in [1.54, 1.807) is 21.3 Å². The molecular weight excluding hydrogens is 580 g/mol. The highest BCUT2D eigenvalue weighted by Gasteiger charge is 2.47. The van der Waals surface area contributed by atoms with Crippen molar-refractivity contribution in [3.05, 3.63) is 137 Å². The zero-order chi connectivity index (χ0) is 32.3. The molecule has 1 aliphatic carbocycles. The van der Waals surface area contributed by atoms with E-state index in [0.29, 0.717) is 11.5 Å². The molecule has 6 aromatic rings. The van der Waals surface area contributed by atoms with Gasteiger partial charge < -0.3 is 18.9 Å². The molecule has 234 valence electrons. The molecule has 0 radical (unpaired) electrons. The summed E-state index contributed by atoms with van der Waals surface area (Å²) in [6.45, 7) is 4.62. The van der Waals surface area contributed by atoms with Crippen LogP contribution in [0.25, 0.3) is 38.7 Å². The molecule has 8 rings (SSSR count). The normalized spacial score (nSPS) is 17.1. The predicted molar refractivity (Wildman–Crippen MR) is 191 cm³/mol. The molecule has 4 nitrogen and oxygen atoms in total. The maximum Gasteiger partial charge on any atom is 0.178 e. The van der Waals surface area contributed by atoms with E-state index in [1.807, 2.05) is 12.1 Å². The lowest BCUT2D eigenvalue weighted by Crippen LogP contribution is -2.35. The maximum atomic E-state index is 7.58. The topological polar surface area (TPSA) is 36.9 Å². The monoisotopic (exact) mass is 618 g/mol. The van der Waals surface area contributed by atoms with Crippen molar-refractivity contribution in [2.45, 2.75) is 37.7 Å². The molecule has 0 aromatic heterocycles. The third-order valence-electron chi connectivity index (χ3n) is 10.6. The Morgan fingerprint density at radius 3 is 2.00 bits per heavy atom. The average molecular weight is 619 g/mol. The molecule has 47 heavy (non-hydrogen) atoms. The molecule has 4 heteroatoms. The SMILES string of the molecule is CCC1(CC)c2ccccc2-c2c1c1c(c3cc(OC)c(OC)cc23)OC(c2ccc(OC)cc2)(c2ccc3ccccc3c2)C=C1. The van der Waals surface area contributed by atoms with Crippen molar-refractivity contribution in [1.82, 2.24) is 0 Å². The number of rotatable bonds is 7. The second-order valence-electron chi connectivity index (χ2n) is 12.5. The third kappa shape index (κ3) is 4.07. The smallest absolute Gasteiger partial charge is 0.178 e. The summed E-state index contributed by atoms with van der Waals surface area (Å²) in [5.41, 5.74) is 7.39. The summed E-state index contributed by atoms with van der Waals surface area (Å²) in [5.74, 6) is 3.03. The molecule has 1 heterocycles. The van der Waals surface area contributed by atoms with Gasteiger partial charge in [0, 0.05) is 27.5 Å². The third-order valence-corrected chi connectivity index (χ3v) is 10.6.